The first-order chi connectivity index (χ1) is 8.95. The van der Waals surface area contributed by atoms with E-state index in [0.29, 0.717) is 29.8 Å². The fourth-order valence-electron chi connectivity index (χ4n) is 1.72. The van der Waals surface area contributed by atoms with Crippen LogP contribution in [0.2, 0.25) is 0 Å². The van der Waals surface area contributed by atoms with Crippen LogP contribution in [-0.2, 0) is 0 Å². The van der Waals surface area contributed by atoms with E-state index in [1.165, 1.54) is 7.11 Å². The second-order valence-corrected chi connectivity index (χ2v) is 4.57. The first kappa shape index (κ1) is 15.3. The molecule has 0 saturated carbocycles. The summed E-state index contributed by atoms with van der Waals surface area (Å²) in [6.45, 7) is 4.01. The number of nitrogens with one attached hydrogen (secondary N) is 1. The molecule has 0 spiro atoms. The van der Waals surface area contributed by atoms with E-state index in [4.69, 9.17) is 10.5 Å². The maximum absolute atomic E-state index is 12.0. The van der Waals surface area contributed by atoms with Gasteiger partial charge in [0.05, 0.1) is 18.4 Å². The Balaban J connectivity index is 2.71. The van der Waals surface area contributed by atoms with Gasteiger partial charge in [0.1, 0.15) is 5.75 Å². The Morgan fingerprint density at radius 1 is 1.42 bits per heavy atom. The van der Waals surface area contributed by atoms with Crippen LogP contribution >= 0.6 is 0 Å². The topological polar surface area (TPSA) is 84.6 Å². The number of carbonyl (C=O) groups is 1. The third-order valence-electron chi connectivity index (χ3n) is 3.39. The number of nitrogens with two attached hydrogens (primary N) is 1. The molecule has 106 valence electrons. The molecule has 0 atom stereocenters. The average molecular weight is 266 g/mol. The number of ether oxygens (including phenoxy) is 1. The summed E-state index contributed by atoms with van der Waals surface area (Å²) in [5, 5.41) is 12.8. The molecule has 1 aromatic carbocycles. The van der Waals surface area contributed by atoms with E-state index in [1.54, 1.807) is 18.2 Å². The van der Waals surface area contributed by atoms with Crippen LogP contribution in [0.4, 0.5) is 5.69 Å². The molecule has 0 aliphatic rings. The molecule has 0 heterocycles. The molecule has 5 heteroatoms. The van der Waals surface area contributed by atoms with E-state index in [9.17, 15) is 9.90 Å². The molecule has 0 radical (unpaired) electrons. The van der Waals surface area contributed by atoms with Gasteiger partial charge in [0.25, 0.3) is 5.91 Å². The van der Waals surface area contributed by atoms with Crippen LogP contribution in [0, 0.1) is 0 Å². The van der Waals surface area contributed by atoms with Crippen LogP contribution in [-0.4, -0.2) is 30.3 Å². The number of carbonyl (C=O) groups excluding carboxylic acids is 1. The Kier molecular flexibility index (Phi) is 5.18. The van der Waals surface area contributed by atoms with Crippen molar-refractivity contribution in [3.63, 3.8) is 0 Å². The highest BCUT2D eigenvalue weighted by molar-refractivity contribution is 5.95. The largest absolute Gasteiger partial charge is 0.495 e. The van der Waals surface area contributed by atoms with E-state index in [1.807, 2.05) is 13.8 Å². The van der Waals surface area contributed by atoms with Gasteiger partial charge in [0.15, 0.2) is 0 Å². The molecular weight excluding hydrogens is 244 g/mol. The van der Waals surface area contributed by atoms with E-state index in [-0.39, 0.29) is 12.5 Å². The summed E-state index contributed by atoms with van der Waals surface area (Å²) in [5.41, 5.74) is 5.76. The zero-order valence-electron chi connectivity index (χ0n) is 11.7. The average Bonchev–Trinajstić information content (AvgIpc) is 2.44. The standard InChI is InChI=1S/C14H22N2O3/c1-4-14(18,5-2)9-16-13(17)10-6-7-12(19-3)11(15)8-10/h6-8,18H,4-5,9,15H2,1-3H3,(H,16,17). The minimum atomic E-state index is -0.853. The zero-order chi connectivity index (χ0) is 14.5. The quantitative estimate of drug-likeness (QED) is 0.682. The van der Waals surface area contributed by atoms with E-state index >= 15 is 0 Å². The third kappa shape index (κ3) is 3.86. The summed E-state index contributed by atoms with van der Waals surface area (Å²) in [7, 11) is 1.52. The maximum Gasteiger partial charge on any atom is 0.251 e. The van der Waals surface area contributed by atoms with Crippen molar-refractivity contribution < 1.29 is 14.6 Å². The number of amides is 1. The van der Waals surface area contributed by atoms with Crippen LogP contribution in [0.5, 0.6) is 5.75 Å². The smallest absolute Gasteiger partial charge is 0.251 e. The third-order valence-corrected chi connectivity index (χ3v) is 3.39. The second kappa shape index (κ2) is 6.43. The Morgan fingerprint density at radius 3 is 2.53 bits per heavy atom. The number of methoxy groups -OCH3 is 1. The van der Waals surface area contributed by atoms with Crippen molar-refractivity contribution in [1.29, 1.82) is 0 Å². The van der Waals surface area contributed by atoms with Gasteiger partial charge in [-0.25, -0.2) is 0 Å². The zero-order valence-corrected chi connectivity index (χ0v) is 11.7. The number of rotatable bonds is 6. The lowest BCUT2D eigenvalue weighted by Gasteiger charge is -2.25. The molecule has 0 unspecified atom stereocenters. The monoisotopic (exact) mass is 266 g/mol. The first-order valence-corrected chi connectivity index (χ1v) is 6.40. The number of hydrogen-bond donors (Lipinski definition) is 3. The number of hydrogen-bond acceptors (Lipinski definition) is 4. The number of aliphatic hydroxyl groups is 1. The molecule has 0 aliphatic heterocycles. The van der Waals surface area contributed by atoms with Crippen molar-refractivity contribution >= 4 is 11.6 Å². The molecule has 5 nitrogen and oxygen atoms in total. The van der Waals surface area contributed by atoms with Crippen LogP contribution in [0.3, 0.4) is 0 Å². The summed E-state index contributed by atoms with van der Waals surface area (Å²) in [4.78, 5) is 12.0. The van der Waals surface area contributed by atoms with Gasteiger partial charge < -0.3 is 20.9 Å². The predicted octanol–water partition coefficient (Wildman–Crippen LogP) is 1.56. The van der Waals surface area contributed by atoms with E-state index in [0.717, 1.165) is 0 Å². The fourth-order valence-corrected chi connectivity index (χ4v) is 1.72. The van der Waals surface area contributed by atoms with Gasteiger partial charge in [-0.05, 0) is 31.0 Å². The van der Waals surface area contributed by atoms with E-state index < -0.39 is 5.60 Å². The molecule has 1 amide bonds. The lowest BCUT2D eigenvalue weighted by atomic mass is 9.97. The fraction of sp³-hybridized carbons (Fsp3) is 0.500. The Labute approximate surface area is 113 Å². The normalized spacial score (nSPS) is 11.2. The molecule has 0 fully saturated rings. The van der Waals surface area contributed by atoms with Gasteiger partial charge in [-0.15, -0.1) is 0 Å². The Hall–Kier alpha value is -1.75. The SMILES string of the molecule is CCC(O)(CC)CNC(=O)c1ccc(OC)c(N)c1. The predicted molar refractivity (Wildman–Crippen MR) is 75.3 cm³/mol. The van der Waals surface area contributed by atoms with Gasteiger partial charge in [0.2, 0.25) is 0 Å². The highest BCUT2D eigenvalue weighted by Crippen LogP contribution is 2.22. The molecule has 0 bridgehead atoms. The van der Waals surface area contributed by atoms with Crippen molar-refractivity contribution in [2.24, 2.45) is 0 Å². The van der Waals surface area contributed by atoms with Crippen LogP contribution in [0.15, 0.2) is 18.2 Å². The molecule has 0 aliphatic carbocycles. The van der Waals surface area contributed by atoms with Crippen molar-refractivity contribution in [2.45, 2.75) is 32.3 Å². The molecule has 4 N–H and O–H groups in total. The Morgan fingerprint density at radius 2 is 2.05 bits per heavy atom. The van der Waals surface area contributed by atoms with Gasteiger partial charge in [-0.3, -0.25) is 4.79 Å². The van der Waals surface area contributed by atoms with Crippen molar-refractivity contribution in [1.82, 2.24) is 5.32 Å². The highest BCUT2D eigenvalue weighted by atomic mass is 16.5. The molecule has 0 aromatic heterocycles. The van der Waals surface area contributed by atoms with Gasteiger partial charge in [0, 0.05) is 12.1 Å². The van der Waals surface area contributed by atoms with Crippen LogP contribution in [0.25, 0.3) is 0 Å². The van der Waals surface area contributed by atoms with Gasteiger partial charge in [-0.2, -0.15) is 0 Å². The molecule has 19 heavy (non-hydrogen) atoms. The van der Waals surface area contributed by atoms with Crippen molar-refractivity contribution in [2.75, 3.05) is 19.4 Å². The lowest BCUT2D eigenvalue weighted by Crippen LogP contribution is -2.42. The highest BCUT2D eigenvalue weighted by Gasteiger charge is 2.23. The summed E-state index contributed by atoms with van der Waals surface area (Å²) in [6, 6.07) is 4.85. The van der Waals surface area contributed by atoms with Crippen LogP contribution < -0.4 is 15.8 Å². The second-order valence-electron chi connectivity index (χ2n) is 4.57. The molecule has 1 aromatic rings. The molecule has 1 rings (SSSR count). The Bertz CT molecular complexity index is 442. The number of benzene rings is 1. The van der Waals surface area contributed by atoms with E-state index in [2.05, 4.69) is 5.32 Å². The summed E-state index contributed by atoms with van der Waals surface area (Å²) < 4.78 is 5.03. The summed E-state index contributed by atoms with van der Waals surface area (Å²) >= 11 is 0. The lowest BCUT2D eigenvalue weighted by molar-refractivity contribution is 0.0314. The van der Waals surface area contributed by atoms with Crippen molar-refractivity contribution in [3.8, 4) is 5.75 Å². The summed E-state index contributed by atoms with van der Waals surface area (Å²) in [5.74, 6) is 0.282. The molecule has 0 saturated heterocycles. The van der Waals surface area contributed by atoms with Gasteiger partial charge >= 0.3 is 0 Å². The number of anilines is 1. The minimum absolute atomic E-state index is 0.227. The maximum atomic E-state index is 12.0. The summed E-state index contributed by atoms with van der Waals surface area (Å²) in [6.07, 6.45) is 1.18. The number of nitrogen functional groups attached to an aromatic ring is 1. The van der Waals surface area contributed by atoms with Crippen molar-refractivity contribution in [3.05, 3.63) is 23.8 Å². The van der Waals surface area contributed by atoms with Crippen LogP contribution in [0.1, 0.15) is 37.0 Å². The minimum Gasteiger partial charge on any atom is -0.495 e. The molecular formula is C14H22N2O3. The van der Waals surface area contributed by atoms with Gasteiger partial charge in [-0.1, -0.05) is 13.8 Å². The first-order valence-electron chi connectivity index (χ1n) is 6.40.